The first kappa shape index (κ1) is 37.2. The van der Waals surface area contributed by atoms with Gasteiger partial charge in [-0.05, 0) is 101 Å². The lowest BCUT2D eigenvalue weighted by Gasteiger charge is -2.23. The van der Waals surface area contributed by atoms with Crippen molar-refractivity contribution in [2.45, 2.75) is 136 Å². The molecule has 4 atom stereocenters. The van der Waals surface area contributed by atoms with E-state index in [1.165, 1.54) is 24.0 Å². The van der Waals surface area contributed by atoms with Gasteiger partial charge in [0.15, 0.2) is 11.6 Å². The quantitative estimate of drug-likeness (QED) is 0.102. The van der Waals surface area contributed by atoms with E-state index in [0.29, 0.717) is 61.4 Å². The molecule has 6 aliphatic rings. The molecule has 0 amide bonds. The van der Waals surface area contributed by atoms with Crippen molar-refractivity contribution in [2.24, 2.45) is 11.8 Å². The Balaban J connectivity index is 0.000000146. The summed E-state index contributed by atoms with van der Waals surface area (Å²) in [4.78, 5) is 31.8. The SMILES string of the molecule is O=C(O)C1CCC(c2nc(C3(CN[C@H]4CC4c4ccccc4)CC3)no2)CC1.O=C(O)C1CCC(c2nc(C3(CN[C@H]4C[C@@H]4c4ccccc4)CC3)no2)CC1. The van der Waals surface area contributed by atoms with Gasteiger partial charge in [-0.3, -0.25) is 9.59 Å². The highest BCUT2D eigenvalue weighted by Gasteiger charge is 2.52. The van der Waals surface area contributed by atoms with E-state index in [2.05, 4.69) is 81.6 Å². The molecule has 6 fully saturated rings. The summed E-state index contributed by atoms with van der Waals surface area (Å²) in [5.41, 5.74) is 2.90. The number of hydrogen-bond donors (Lipinski definition) is 4. The van der Waals surface area contributed by atoms with Gasteiger partial charge >= 0.3 is 11.9 Å². The van der Waals surface area contributed by atoms with E-state index < -0.39 is 11.9 Å². The fraction of sp³-hybridized carbons (Fsp3) is 0.591. The van der Waals surface area contributed by atoms with E-state index in [4.69, 9.17) is 29.2 Å². The molecule has 56 heavy (non-hydrogen) atoms. The number of nitrogens with zero attached hydrogens (tertiary/aromatic N) is 4. The molecule has 0 radical (unpaired) electrons. The number of benzene rings is 2. The first-order chi connectivity index (χ1) is 27.3. The number of aliphatic carboxylic acids is 2. The number of carboxylic acid groups (broad SMARTS) is 2. The molecule has 0 saturated heterocycles. The van der Waals surface area contributed by atoms with Crippen molar-refractivity contribution >= 4 is 11.9 Å². The Labute approximate surface area is 327 Å². The van der Waals surface area contributed by atoms with Gasteiger partial charge in [0.2, 0.25) is 11.8 Å². The molecule has 2 aromatic carbocycles. The molecule has 2 aromatic heterocycles. The summed E-state index contributed by atoms with van der Waals surface area (Å²) in [7, 11) is 0. The van der Waals surface area contributed by atoms with E-state index in [9.17, 15) is 9.59 Å². The molecule has 2 heterocycles. The van der Waals surface area contributed by atoms with Crippen LogP contribution in [0.1, 0.15) is 148 Å². The lowest BCUT2D eigenvalue weighted by Crippen LogP contribution is -2.30. The predicted molar refractivity (Wildman–Crippen MR) is 206 cm³/mol. The summed E-state index contributed by atoms with van der Waals surface area (Å²) < 4.78 is 11.2. The molecular weight excluding hydrogens is 709 g/mol. The molecular formula is C44H54N6O6. The standard InChI is InChI=1S/2C22H27N3O3/c2*26-20(27)16-8-6-15(7-9-16)19-24-21(25-28-19)22(10-11-22)13-23-18-12-17(18)14-4-2-1-3-5-14/h2*1-5,15-18,23H,6-13H2,(H,26,27)/t15?,16?,17?,18-;15?,16?,17-,18+/m01/s1. The molecule has 0 aliphatic heterocycles. The van der Waals surface area contributed by atoms with Crippen LogP contribution < -0.4 is 10.6 Å². The first-order valence-electron chi connectivity index (χ1n) is 21.0. The van der Waals surface area contributed by atoms with Gasteiger partial charge in [-0.2, -0.15) is 9.97 Å². The fourth-order valence-electron chi connectivity index (χ4n) is 9.30. The highest BCUT2D eigenvalue weighted by Crippen LogP contribution is 2.50. The summed E-state index contributed by atoms with van der Waals surface area (Å²) >= 11 is 0. The maximum atomic E-state index is 11.1. The van der Waals surface area contributed by atoms with Crippen LogP contribution in [0.5, 0.6) is 0 Å². The molecule has 1 unspecified atom stereocenters. The highest BCUT2D eigenvalue weighted by atomic mass is 16.5. The van der Waals surface area contributed by atoms with Crippen LogP contribution >= 0.6 is 0 Å². The van der Waals surface area contributed by atoms with Gasteiger partial charge in [0.25, 0.3) is 0 Å². The van der Waals surface area contributed by atoms with E-state index in [0.717, 1.165) is 76.1 Å². The first-order valence-corrected chi connectivity index (χ1v) is 21.0. The third kappa shape index (κ3) is 8.18. The highest BCUT2D eigenvalue weighted by molar-refractivity contribution is 5.70. The van der Waals surface area contributed by atoms with E-state index >= 15 is 0 Å². The molecule has 12 heteroatoms. The van der Waals surface area contributed by atoms with Crippen molar-refractivity contribution < 1.29 is 28.8 Å². The minimum Gasteiger partial charge on any atom is -0.481 e. The molecule has 0 bridgehead atoms. The topological polar surface area (TPSA) is 176 Å². The lowest BCUT2D eigenvalue weighted by atomic mass is 9.82. The van der Waals surface area contributed by atoms with Gasteiger partial charge < -0.3 is 29.9 Å². The zero-order valence-electron chi connectivity index (χ0n) is 32.0. The van der Waals surface area contributed by atoms with Crippen LogP contribution in [0.4, 0.5) is 0 Å². The van der Waals surface area contributed by atoms with Crippen molar-refractivity contribution in [3.63, 3.8) is 0 Å². The number of rotatable bonds is 14. The zero-order chi connectivity index (χ0) is 38.3. The summed E-state index contributed by atoms with van der Waals surface area (Å²) in [6, 6.07) is 22.5. The van der Waals surface area contributed by atoms with E-state index in [-0.39, 0.29) is 34.5 Å². The molecule has 296 valence electrons. The van der Waals surface area contributed by atoms with Gasteiger partial charge in [0.05, 0.1) is 11.8 Å². The van der Waals surface area contributed by atoms with Crippen LogP contribution in [0.15, 0.2) is 69.7 Å². The Morgan fingerprint density at radius 3 is 1.30 bits per heavy atom. The Morgan fingerprint density at radius 2 is 0.964 bits per heavy atom. The molecule has 6 aliphatic carbocycles. The third-order valence-corrected chi connectivity index (χ3v) is 13.8. The van der Waals surface area contributed by atoms with Crippen LogP contribution in [-0.4, -0.2) is 67.6 Å². The summed E-state index contributed by atoms with van der Waals surface area (Å²) in [5.74, 6) is 2.99. The molecule has 10 rings (SSSR count). The maximum absolute atomic E-state index is 11.1. The Morgan fingerprint density at radius 1 is 0.589 bits per heavy atom. The normalized spacial score (nSPS) is 30.7. The van der Waals surface area contributed by atoms with Crippen LogP contribution in [0.3, 0.4) is 0 Å². The summed E-state index contributed by atoms with van der Waals surface area (Å²) in [6.07, 6.45) is 12.9. The Kier molecular flexibility index (Phi) is 10.3. The van der Waals surface area contributed by atoms with E-state index in [1.54, 1.807) is 0 Å². The van der Waals surface area contributed by atoms with Crippen LogP contribution in [0.2, 0.25) is 0 Å². The predicted octanol–water partition coefficient (Wildman–Crippen LogP) is 7.21. The molecule has 0 spiro atoms. The van der Waals surface area contributed by atoms with Gasteiger partial charge in [-0.25, -0.2) is 0 Å². The average molecular weight is 763 g/mol. The largest absolute Gasteiger partial charge is 0.481 e. The van der Waals surface area contributed by atoms with Crippen LogP contribution in [0, 0.1) is 11.8 Å². The monoisotopic (exact) mass is 762 g/mol. The summed E-state index contributed by atoms with van der Waals surface area (Å²) in [5, 5.41) is 34.4. The summed E-state index contributed by atoms with van der Waals surface area (Å²) in [6.45, 7) is 1.82. The number of carboxylic acids is 2. The van der Waals surface area contributed by atoms with Crippen molar-refractivity contribution in [3.05, 3.63) is 95.2 Å². The van der Waals surface area contributed by atoms with Crippen molar-refractivity contribution in [3.8, 4) is 0 Å². The molecule has 6 saturated carbocycles. The molecule has 4 N–H and O–H groups in total. The van der Waals surface area contributed by atoms with Crippen LogP contribution in [-0.2, 0) is 20.4 Å². The lowest BCUT2D eigenvalue weighted by molar-refractivity contribution is -0.143. The van der Waals surface area contributed by atoms with Crippen molar-refractivity contribution in [2.75, 3.05) is 13.1 Å². The van der Waals surface area contributed by atoms with Crippen molar-refractivity contribution in [1.29, 1.82) is 0 Å². The number of nitrogens with one attached hydrogen (secondary N) is 2. The second-order valence-corrected chi connectivity index (χ2v) is 17.7. The zero-order valence-corrected chi connectivity index (χ0v) is 32.0. The van der Waals surface area contributed by atoms with Crippen LogP contribution in [0.25, 0.3) is 0 Å². The average Bonchev–Trinajstić information content (AvgIpc) is 4.14. The van der Waals surface area contributed by atoms with Gasteiger partial charge in [0.1, 0.15) is 0 Å². The third-order valence-electron chi connectivity index (χ3n) is 13.8. The maximum Gasteiger partial charge on any atom is 0.306 e. The Bertz CT molecular complexity index is 1820. The minimum atomic E-state index is -0.679. The van der Waals surface area contributed by atoms with Gasteiger partial charge in [-0.15, -0.1) is 0 Å². The minimum absolute atomic E-state index is 0.0316. The Hall–Kier alpha value is -4.42. The molecule has 12 nitrogen and oxygen atoms in total. The van der Waals surface area contributed by atoms with E-state index in [1.807, 2.05) is 0 Å². The van der Waals surface area contributed by atoms with Gasteiger partial charge in [0, 0.05) is 59.7 Å². The second kappa shape index (κ2) is 15.5. The number of aromatic nitrogens is 4. The number of hydrogen-bond acceptors (Lipinski definition) is 10. The second-order valence-electron chi connectivity index (χ2n) is 17.7. The molecule has 4 aromatic rings. The van der Waals surface area contributed by atoms with Gasteiger partial charge in [-0.1, -0.05) is 71.0 Å². The fourth-order valence-corrected chi connectivity index (χ4v) is 9.30. The smallest absolute Gasteiger partial charge is 0.306 e. The number of carbonyl (C=O) groups is 2. The van der Waals surface area contributed by atoms with Crippen molar-refractivity contribution in [1.82, 2.24) is 30.9 Å².